The molecule has 1 aromatic rings. The Kier molecular flexibility index (Phi) is 4.64. The molecule has 1 fully saturated rings. The van der Waals surface area contributed by atoms with Crippen LogP contribution in [0.25, 0.3) is 0 Å². The first-order valence-electron chi connectivity index (χ1n) is 8.11. The third-order valence-electron chi connectivity index (χ3n) is 4.59. The van der Waals surface area contributed by atoms with E-state index < -0.39 is 18.0 Å². The van der Waals surface area contributed by atoms with Crippen LogP contribution in [-0.4, -0.2) is 29.4 Å². The molecule has 0 saturated heterocycles. The molecule has 2 aliphatic rings. The van der Waals surface area contributed by atoms with Gasteiger partial charge in [0, 0.05) is 12.6 Å². The highest BCUT2D eigenvalue weighted by Crippen LogP contribution is 2.43. The molecule has 0 radical (unpaired) electrons. The molecule has 1 heterocycles. The number of hydrogen-bond donors (Lipinski definition) is 0. The molecule has 3 rings (SSSR count). The summed E-state index contributed by atoms with van der Waals surface area (Å²) in [6.07, 6.45) is 3.40. The first-order chi connectivity index (χ1) is 11.1. The van der Waals surface area contributed by atoms with Crippen LogP contribution < -0.4 is 0 Å². The molecule has 1 spiro atoms. The summed E-state index contributed by atoms with van der Waals surface area (Å²) in [7, 11) is 0. The van der Waals surface area contributed by atoms with E-state index in [4.69, 9.17) is 4.74 Å². The van der Waals surface area contributed by atoms with E-state index in [1.807, 2.05) is 30.3 Å². The number of hydrogen-bond acceptors (Lipinski definition) is 3. The maximum Gasteiger partial charge on any atom is 0.333 e. The molecule has 1 aliphatic heterocycles. The fourth-order valence-electron chi connectivity index (χ4n) is 3.60. The van der Waals surface area contributed by atoms with Crippen molar-refractivity contribution in [1.29, 1.82) is 0 Å². The predicted molar refractivity (Wildman–Crippen MR) is 82.8 cm³/mol. The van der Waals surface area contributed by atoms with Gasteiger partial charge in [-0.25, -0.2) is 13.6 Å². The zero-order chi connectivity index (χ0) is 16.3. The molecule has 1 aromatic carbocycles. The number of carbonyl (C=O) groups excluding carboxylic acids is 1. The van der Waals surface area contributed by atoms with Crippen molar-refractivity contribution in [2.45, 2.75) is 50.7 Å². The molecular weight excluding hydrogens is 300 g/mol. The lowest BCUT2D eigenvalue weighted by atomic mass is 9.82. The van der Waals surface area contributed by atoms with Gasteiger partial charge in [-0.2, -0.15) is 0 Å². The lowest BCUT2D eigenvalue weighted by Crippen LogP contribution is -2.43. The van der Waals surface area contributed by atoms with Crippen LogP contribution in [-0.2, 0) is 16.1 Å². The summed E-state index contributed by atoms with van der Waals surface area (Å²) in [5.74, 6) is -0.408. The van der Waals surface area contributed by atoms with E-state index in [-0.39, 0.29) is 6.54 Å². The van der Waals surface area contributed by atoms with E-state index in [0.717, 1.165) is 37.7 Å². The van der Waals surface area contributed by atoms with Gasteiger partial charge in [-0.1, -0.05) is 36.8 Å². The average Bonchev–Trinajstić information content (AvgIpc) is 2.84. The fraction of sp³-hybridized carbons (Fsp3) is 0.500. The number of carbonyl (C=O) groups is 1. The third-order valence-corrected chi connectivity index (χ3v) is 4.59. The van der Waals surface area contributed by atoms with Crippen LogP contribution in [0.3, 0.4) is 0 Å². The van der Waals surface area contributed by atoms with Gasteiger partial charge in [0.2, 0.25) is 0 Å². The van der Waals surface area contributed by atoms with Gasteiger partial charge >= 0.3 is 5.97 Å². The molecule has 23 heavy (non-hydrogen) atoms. The summed E-state index contributed by atoms with van der Waals surface area (Å²) in [4.78, 5) is 13.5. The Bertz CT molecular complexity index is 580. The van der Waals surface area contributed by atoms with Crippen LogP contribution in [0.1, 0.15) is 37.7 Å². The van der Waals surface area contributed by atoms with E-state index in [0.29, 0.717) is 12.2 Å². The van der Waals surface area contributed by atoms with E-state index in [9.17, 15) is 13.6 Å². The van der Waals surface area contributed by atoms with Crippen LogP contribution in [0.15, 0.2) is 42.1 Å². The summed E-state index contributed by atoms with van der Waals surface area (Å²) in [5, 5.41) is 0. The van der Waals surface area contributed by atoms with Gasteiger partial charge in [-0.05, 0) is 31.2 Å². The summed E-state index contributed by atoms with van der Waals surface area (Å²) in [6.45, 7) is -0.0332. The Hall–Kier alpha value is -1.91. The Balaban J connectivity index is 1.88. The van der Waals surface area contributed by atoms with Gasteiger partial charge in [0.1, 0.15) is 0 Å². The second kappa shape index (κ2) is 6.69. The molecule has 0 N–H and O–H groups in total. The number of ether oxygens (including phenoxy) is 1. The number of rotatable bonds is 5. The molecule has 5 heteroatoms. The summed E-state index contributed by atoms with van der Waals surface area (Å²) in [6, 6.07) is 9.48. The number of nitrogens with zero attached hydrogens (tertiary/aromatic N) is 1. The van der Waals surface area contributed by atoms with E-state index in [2.05, 4.69) is 0 Å². The van der Waals surface area contributed by atoms with Crippen LogP contribution in [0.4, 0.5) is 8.78 Å². The van der Waals surface area contributed by atoms with Crippen molar-refractivity contribution in [1.82, 2.24) is 4.90 Å². The van der Waals surface area contributed by atoms with Crippen LogP contribution in [0.5, 0.6) is 0 Å². The normalized spacial score (nSPS) is 19.8. The standard InChI is InChI=1S/C18H21F2NO2/c19-16(20)13-21(12-14-7-3-1-4-8-14)15-11-17(22)23-18(15)9-5-2-6-10-18/h1,3-4,7-8,11,16H,2,5-6,9-10,12-13H2. The average molecular weight is 321 g/mol. The Morgan fingerprint density at radius 1 is 1.13 bits per heavy atom. The molecular formula is C18H21F2NO2. The quantitative estimate of drug-likeness (QED) is 0.770. The smallest absolute Gasteiger partial charge is 0.333 e. The maximum atomic E-state index is 13.1. The Morgan fingerprint density at radius 3 is 2.48 bits per heavy atom. The van der Waals surface area contributed by atoms with Crippen molar-refractivity contribution in [3.05, 3.63) is 47.7 Å². The molecule has 0 aromatic heterocycles. The monoisotopic (exact) mass is 321 g/mol. The lowest BCUT2D eigenvalue weighted by molar-refractivity contribution is -0.149. The van der Waals surface area contributed by atoms with Gasteiger partial charge in [0.05, 0.1) is 12.2 Å². The number of halogens is 2. The molecule has 0 bridgehead atoms. The van der Waals surface area contributed by atoms with E-state index in [1.54, 1.807) is 4.90 Å². The summed E-state index contributed by atoms with van der Waals surface area (Å²) < 4.78 is 31.8. The maximum absolute atomic E-state index is 13.1. The molecule has 1 saturated carbocycles. The highest BCUT2D eigenvalue weighted by Gasteiger charge is 2.46. The second-order valence-corrected chi connectivity index (χ2v) is 6.26. The molecule has 0 atom stereocenters. The van der Waals surface area contributed by atoms with Gasteiger partial charge < -0.3 is 9.64 Å². The highest BCUT2D eigenvalue weighted by atomic mass is 19.3. The van der Waals surface area contributed by atoms with E-state index in [1.165, 1.54) is 6.08 Å². The Morgan fingerprint density at radius 2 is 1.83 bits per heavy atom. The first kappa shape index (κ1) is 16.0. The summed E-state index contributed by atoms with van der Waals surface area (Å²) in [5.41, 5.74) is 0.879. The second-order valence-electron chi connectivity index (χ2n) is 6.26. The van der Waals surface area contributed by atoms with Crippen molar-refractivity contribution in [2.24, 2.45) is 0 Å². The minimum Gasteiger partial charge on any atom is -0.449 e. The predicted octanol–water partition coefficient (Wildman–Crippen LogP) is 3.90. The van der Waals surface area contributed by atoms with Gasteiger partial charge in [-0.3, -0.25) is 0 Å². The van der Waals surface area contributed by atoms with Crippen molar-refractivity contribution in [3.8, 4) is 0 Å². The zero-order valence-electron chi connectivity index (χ0n) is 13.0. The topological polar surface area (TPSA) is 29.5 Å². The SMILES string of the molecule is O=C1C=C(N(Cc2ccccc2)CC(F)F)C2(CCCCC2)O1. The minimum atomic E-state index is -2.46. The molecule has 0 unspecified atom stereocenters. The largest absolute Gasteiger partial charge is 0.449 e. The van der Waals surface area contributed by atoms with Crippen molar-refractivity contribution in [2.75, 3.05) is 6.54 Å². The van der Waals surface area contributed by atoms with Gasteiger partial charge in [0.25, 0.3) is 6.43 Å². The zero-order valence-corrected chi connectivity index (χ0v) is 13.0. The lowest BCUT2D eigenvalue weighted by Gasteiger charge is -2.39. The van der Waals surface area contributed by atoms with Crippen LogP contribution in [0.2, 0.25) is 0 Å². The van der Waals surface area contributed by atoms with Gasteiger partial charge in [0.15, 0.2) is 5.60 Å². The third kappa shape index (κ3) is 3.54. The molecule has 3 nitrogen and oxygen atoms in total. The van der Waals surface area contributed by atoms with Crippen molar-refractivity contribution >= 4 is 5.97 Å². The number of alkyl halides is 2. The molecule has 1 aliphatic carbocycles. The van der Waals surface area contributed by atoms with Crippen molar-refractivity contribution < 1.29 is 18.3 Å². The van der Waals surface area contributed by atoms with Crippen LogP contribution >= 0.6 is 0 Å². The number of esters is 1. The fourth-order valence-corrected chi connectivity index (χ4v) is 3.60. The van der Waals surface area contributed by atoms with Crippen molar-refractivity contribution in [3.63, 3.8) is 0 Å². The Labute approximate surface area is 134 Å². The highest BCUT2D eigenvalue weighted by molar-refractivity contribution is 5.86. The molecule has 124 valence electrons. The van der Waals surface area contributed by atoms with Crippen LogP contribution in [0, 0.1) is 0 Å². The number of benzene rings is 1. The molecule has 0 amide bonds. The summed E-state index contributed by atoms with van der Waals surface area (Å²) >= 11 is 0. The first-order valence-corrected chi connectivity index (χ1v) is 8.11. The van der Waals surface area contributed by atoms with E-state index >= 15 is 0 Å². The minimum absolute atomic E-state index is 0.357. The van der Waals surface area contributed by atoms with Gasteiger partial charge in [-0.15, -0.1) is 0 Å².